The zero-order valence-corrected chi connectivity index (χ0v) is 21.1. The van der Waals surface area contributed by atoms with Crippen LogP contribution in [0.1, 0.15) is 23.7 Å². The second-order valence-corrected chi connectivity index (χ2v) is 10.2. The molecule has 1 atom stereocenters. The van der Waals surface area contributed by atoms with Crippen molar-refractivity contribution in [1.82, 2.24) is 15.4 Å². The Kier molecular flexibility index (Phi) is 7.06. The summed E-state index contributed by atoms with van der Waals surface area (Å²) >= 11 is 7.57. The molecule has 4 N–H and O–H groups in total. The largest absolute Gasteiger partial charge is 0.355 e. The predicted octanol–water partition coefficient (Wildman–Crippen LogP) is 4.73. The molecule has 0 radical (unpaired) electrons. The number of benzene rings is 2. The van der Waals surface area contributed by atoms with Crippen LogP contribution in [0.2, 0.25) is 5.02 Å². The highest BCUT2D eigenvalue weighted by atomic mass is 35.5. The van der Waals surface area contributed by atoms with E-state index in [0.29, 0.717) is 27.2 Å². The van der Waals surface area contributed by atoms with E-state index < -0.39 is 0 Å². The number of rotatable bonds is 7. The topological polar surface area (TPSA) is 118 Å². The summed E-state index contributed by atoms with van der Waals surface area (Å²) in [7, 11) is 0. The number of amidine groups is 1. The molecule has 5 rings (SSSR count). The van der Waals surface area contributed by atoms with Gasteiger partial charge in [0.25, 0.3) is 5.91 Å². The highest BCUT2D eigenvalue weighted by Gasteiger charge is 2.27. The Morgan fingerprint density at radius 3 is 2.67 bits per heavy atom. The van der Waals surface area contributed by atoms with Crippen molar-refractivity contribution in [3.05, 3.63) is 65.2 Å². The summed E-state index contributed by atoms with van der Waals surface area (Å²) in [5.41, 5.74) is 4.15. The number of nitrogens with zero attached hydrogens (tertiary/aromatic N) is 4. The molecule has 1 saturated heterocycles. The molecule has 0 saturated carbocycles. The van der Waals surface area contributed by atoms with Crippen molar-refractivity contribution in [2.75, 3.05) is 28.6 Å². The first kappa shape index (κ1) is 24.1. The van der Waals surface area contributed by atoms with Gasteiger partial charge in [0.1, 0.15) is 17.5 Å². The molecule has 1 unspecified atom stereocenters. The third-order valence-corrected chi connectivity index (χ3v) is 7.00. The van der Waals surface area contributed by atoms with E-state index in [9.17, 15) is 4.79 Å². The van der Waals surface area contributed by atoms with E-state index in [1.807, 2.05) is 30.3 Å². The van der Waals surface area contributed by atoms with Gasteiger partial charge in [0, 0.05) is 54.3 Å². The van der Waals surface area contributed by atoms with E-state index in [1.165, 1.54) is 18.0 Å². The van der Waals surface area contributed by atoms with E-state index in [2.05, 4.69) is 33.0 Å². The number of aromatic nitrogens is 2. The maximum absolute atomic E-state index is 12.5. The molecule has 1 fully saturated rings. The lowest BCUT2D eigenvalue weighted by Crippen LogP contribution is -2.47. The van der Waals surface area contributed by atoms with Crippen molar-refractivity contribution in [2.45, 2.75) is 29.4 Å². The van der Waals surface area contributed by atoms with Crippen LogP contribution in [-0.2, 0) is 0 Å². The molecule has 2 aromatic carbocycles. The molecule has 0 aliphatic carbocycles. The van der Waals surface area contributed by atoms with Gasteiger partial charge in [-0.25, -0.2) is 9.97 Å². The number of hydrogen-bond donors (Lipinski definition) is 4. The Bertz CT molecular complexity index is 1310. The van der Waals surface area contributed by atoms with Gasteiger partial charge in [-0.15, -0.1) is 0 Å². The number of carbonyl (C=O) groups excluding carboxylic acids is 1. The summed E-state index contributed by atoms with van der Waals surface area (Å²) in [6.07, 6.45) is 2.28. The van der Waals surface area contributed by atoms with Crippen LogP contribution < -0.4 is 21.0 Å². The molecule has 3 heterocycles. The average Bonchev–Trinajstić information content (AvgIpc) is 3.24. The number of amides is 1. The molecular weight excluding hydrogens is 496 g/mol. The van der Waals surface area contributed by atoms with Gasteiger partial charge in [-0.1, -0.05) is 23.7 Å². The Labute approximate surface area is 218 Å². The molecule has 2 aliphatic rings. The zero-order chi connectivity index (χ0) is 25.1. The number of halogens is 1. The SMILES string of the molecule is CC1CC(Nc2cc(N3CC(C=N)C3)nc(Sc3ccc(NC(=O)c4ccccc4Cl)cc3)n2)=NN1. The molecule has 1 aromatic heterocycles. The molecule has 1 amide bonds. The van der Waals surface area contributed by atoms with E-state index in [-0.39, 0.29) is 17.9 Å². The minimum Gasteiger partial charge on any atom is -0.355 e. The fourth-order valence-electron chi connectivity index (χ4n) is 3.84. The Morgan fingerprint density at radius 2 is 1.97 bits per heavy atom. The van der Waals surface area contributed by atoms with E-state index >= 15 is 0 Å². The third-order valence-electron chi connectivity index (χ3n) is 5.79. The van der Waals surface area contributed by atoms with Gasteiger partial charge in [-0.2, -0.15) is 5.10 Å². The summed E-state index contributed by atoms with van der Waals surface area (Å²) in [4.78, 5) is 25.0. The van der Waals surface area contributed by atoms with Crippen molar-refractivity contribution in [3.63, 3.8) is 0 Å². The summed E-state index contributed by atoms with van der Waals surface area (Å²) in [5.74, 6) is 2.33. The molecule has 9 nitrogen and oxygen atoms in total. The normalized spacial score (nSPS) is 17.1. The van der Waals surface area contributed by atoms with Crippen LogP contribution >= 0.6 is 23.4 Å². The lowest BCUT2D eigenvalue weighted by atomic mass is 10.0. The Hall–Kier alpha value is -3.63. The summed E-state index contributed by atoms with van der Waals surface area (Å²) in [6.45, 7) is 3.61. The first-order valence-corrected chi connectivity index (χ1v) is 12.7. The number of anilines is 3. The van der Waals surface area contributed by atoms with Gasteiger partial charge in [0.2, 0.25) is 0 Å². The second kappa shape index (κ2) is 10.5. The third kappa shape index (κ3) is 5.60. The maximum atomic E-state index is 12.5. The minimum atomic E-state index is -0.260. The predicted molar refractivity (Wildman–Crippen MR) is 145 cm³/mol. The summed E-state index contributed by atoms with van der Waals surface area (Å²) in [5, 5.41) is 19.0. The van der Waals surface area contributed by atoms with Crippen molar-refractivity contribution in [1.29, 1.82) is 5.41 Å². The van der Waals surface area contributed by atoms with Crippen LogP contribution in [0.25, 0.3) is 0 Å². The van der Waals surface area contributed by atoms with E-state index in [0.717, 1.165) is 36.1 Å². The van der Waals surface area contributed by atoms with Crippen molar-refractivity contribution >= 4 is 58.6 Å². The van der Waals surface area contributed by atoms with Crippen LogP contribution in [0.15, 0.2) is 69.8 Å². The minimum absolute atomic E-state index is 0.255. The first-order valence-electron chi connectivity index (χ1n) is 11.5. The van der Waals surface area contributed by atoms with Crippen LogP contribution in [0.4, 0.5) is 17.3 Å². The standard InChI is InChI=1S/C25H25ClN8OS/c1-15-10-22(33-32-15)29-21-11-23(34-13-16(12-27)14-34)31-25(30-21)36-18-8-6-17(7-9-18)28-24(35)19-4-2-3-5-20(19)26/h2-9,11-12,15-16,27,32H,10,13-14H2,1H3,(H,28,35)(H,29,30,31,33). The molecular formula is C25H25ClN8OS. The molecule has 184 valence electrons. The number of carbonyl (C=O) groups is 1. The lowest BCUT2D eigenvalue weighted by Gasteiger charge is -2.38. The Balaban J connectivity index is 1.30. The van der Waals surface area contributed by atoms with Crippen molar-refractivity contribution < 1.29 is 4.79 Å². The molecule has 36 heavy (non-hydrogen) atoms. The van der Waals surface area contributed by atoms with Crippen LogP contribution in [0, 0.1) is 11.3 Å². The van der Waals surface area contributed by atoms with Crippen LogP contribution in [0.5, 0.6) is 0 Å². The molecule has 2 aliphatic heterocycles. The monoisotopic (exact) mass is 520 g/mol. The summed E-state index contributed by atoms with van der Waals surface area (Å²) < 4.78 is 0. The lowest BCUT2D eigenvalue weighted by molar-refractivity contribution is 0.102. The quantitative estimate of drug-likeness (QED) is 0.263. The van der Waals surface area contributed by atoms with Gasteiger partial charge in [-0.3, -0.25) is 4.79 Å². The van der Waals surface area contributed by atoms with Gasteiger partial charge < -0.3 is 26.4 Å². The molecule has 0 bridgehead atoms. The maximum Gasteiger partial charge on any atom is 0.257 e. The fourth-order valence-corrected chi connectivity index (χ4v) is 4.83. The molecule has 3 aromatic rings. The Morgan fingerprint density at radius 1 is 1.19 bits per heavy atom. The molecule has 0 spiro atoms. The van der Waals surface area contributed by atoms with Gasteiger partial charge in [0.05, 0.1) is 10.6 Å². The smallest absolute Gasteiger partial charge is 0.257 e. The first-order chi connectivity index (χ1) is 17.5. The number of hydrogen-bond acceptors (Lipinski definition) is 9. The highest BCUT2D eigenvalue weighted by molar-refractivity contribution is 7.99. The fraction of sp³-hybridized carbons (Fsp3) is 0.240. The number of nitrogens with one attached hydrogen (secondary N) is 4. The van der Waals surface area contributed by atoms with Crippen molar-refractivity contribution in [3.8, 4) is 0 Å². The van der Waals surface area contributed by atoms with E-state index in [4.69, 9.17) is 27.0 Å². The summed E-state index contributed by atoms with van der Waals surface area (Å²) in [6, 6.07) is 16.6. The van der Waals surface area contributed by atoms with Crippen LogP contribution in [0.3, 0.4) is 0 Å². The van der Waals surface area contributed by atoms with Crippen molar-refractivity contribution in [2.24, 2.45) is 11.0 Å². The second-order valence-electron chi connectivity index (χ2n) is 8.70. The average molecular weight is 521 g/mol. The van der Waals surface area contributed by atoms with Gasteiger partial charge in [-0.05, 0) is 55.1 Å². The molecule has 11 heteroatoms. The van der Waals surface area contributed by atoms with Crippen LogP contribution in [-0.4, -0.2) is 47.1 Å². The zero-order valence-electron chi connectivity index (χ0n) is 19.5. The number of hydrazone groups is 1. The van der Waals surface area contributed by atoms with E-state index in [1.54, 1.807) is 24.3 Å². The van der Waals surface area contributed by atoms with Gasteiger partial charge >= 0.3 is 0 Å². The highest BCUT2D eigenvalue weighted by Crippen LogP contribution is 2.31. The van der Waals surface area contributed by atoms with Gasteiger partial charge in [0.15, 0.2) is 5.16 Å².